The molecule has 0 bridgehead atoms. The lowest BCUT2D eigenvalue weighted by Gasteiger charge is -2.05. The Bertz CT molecular complexity index is 604. The second kappa shape index (κ2) is 5.01. The summed E-state index contributed by atoms with van der Waals surface area (Å²) >= 11 is 5.54. The summed E-state index contributed by atoms with van der Waals surface area (Å²) in [6, 6.07) is 8.68. The number of anilines is 2. The molecule has 2 rings (SSSR count). The van der Waals surface area contributed by atoms with Gasteiger partial charge in [0.2, 0.25) is 0 Å². The van der Waals surface area contributed by atoms with Gasteiger partial charge in [0.05, 0.1) is 5.02 Å². The summed E-state index contributed by atoms with van der Waals surface area (Å²) in [4.78, 5) is 15.6. The number of aromatic nitrogens is 1. The standard InChI is InChI=1S/C12H9ClFN3O/c13-8-5-4-7(6-9(8)14)16-12(18)10-2-1-3-11(15)17-10/h1-6H,(H2,15,17)(H,16,18). The van der Waals surface area contributed by atoms with Gasteiger partial charge in [-0.25, -0.2) is 9.37 Å². The van der Waals surface area contributed by atoms with E-state index in [4.69, 9.17) is 17.3 Å². The third kappa shape index (κ3) is 2.75. The minimum Gasteiger partial charge on any atom is -0.384 e. The zero-order valence-electron chi connectivity index (χ0n) is 9.15. The van der Waals surface area contributed by atoms with E-state index in [9.17, 15) is 9.18 Å². The summed E-state index contributed by atoms with van der Waals surface area (Å²) < 4.78 is 13.2. The van der Waals surface area contributed by atoms with Crippen LogP contribution in [0.5, 0.6) is 0 Å². The molecule has 4 nitrogen and oxygen atoms in total. The molecule has 0 aliphatic heterocycles. The molecule has 0 spiro atoms. The van der Waals surface area contributed by atoms with Crippen LogP contribution in [0.2, 0.25) is 5.02 Å². The largest absolute Gasteiger partial charge is 0.384 e. The number of hydrogen-bond donors (Lipinski definition) is 2. The lowest BCUT2D eigenvalue weighted by molar-refractivity contribution is 0.102. The number of nitrogens with two attached hydrogens (primary N) is 1. The van der Waals surface area contributed by atoms with E-state index in [-0.39, 0.29) is 16.5 Å². The minimum atomic E-state index is -0.602. The van der Waals surface area contributed by atoms with Gasteiger partial charge in [0, 0.05) is 5.69 Å². The van der Waals surface area contributed by atoms with E-state index in [1.54, 1.807) is 12.1 Å². The summed E-state index contributed by atoms with van der Waals surface area (Å²) in [7, 11) is 0. The van der Waals surface area contributed by atoms with Crippen LogP contribution in [-0.4, -0.2) is 10.9 Å². The molecule has 1 aromatic heterocycles. The lowest BCUT2D eigenvalue weighted by atomic mass is 10.3. The molecule has 0 aliphatic rings. The van der Waals surface area contributed by atoms with E-state index in [0.717, 1.165) is 6.07 Å². The Labute approximate surface area is 108 Å². The highest BCUT2D eigenvalue weighted by Gasteiger charge is 2.09. The van der Waals surface area contributed by atoms with Gasteiger partial charge in [0.15, 0.2) is 0 Å². The van der Waals surface area contributed by atoms with E-state index in [0.29, 0.717) is 5.69 Å². The number of nitrogens with one attached hydrogen (secondary N) is 1. The number of hydrogen-bond acceptors (Lipinski definition) is 3. The first kappa shape index (κ1) is 12.3. The Balaban J connectivity index is 2.18. The van der Waals surface area contributed by atoms with Gasteiger partial charge in [-0.2, -0.15) is 0 Å². The molecule has 1 amide bonds. The van der Waals surface area contributed by atoms with Crippen molar-refractivity contribution < 1.29 is 9.18 Å². The molecule has 0 fully saturated rings. The third-order valence-electron chi connectivity index (χ3n) is 2.18. The second-order valence-electron chi connectivity index (χ2n) is 3.53. The van der Waals surface area contributed by atoms with Crippen LogP contribution in [0.15, 0.2) is 36.4 Å². The number of amides is 1. The fourth-order valence-corrected chi connectivity index (χ4v) is 1.46. The maximum Gasteiger partial charge on any atom is 0.274 e. The smallest absolute Gasteiger partial charge is 0.274 e. The van der Waals surface area contributed by atoms with E-state index < -0.39 is 11.7 Å². The van der Waals surface area contributed by atoms with Gasteiger partial charge >= 0.3 is 0 Å². The average Bonchev–Trinajstić information content (AvgIpc) is 2.34. The molecule has 0 unspecified atom stereocenters. The van der Waals surface area contributed by atoms with Crippen LogP contribution >= 0.6 is 11.6 Å². The SMILES string of the molecule is Nc1cccc(C(=O)Nc2ccc(Cl)c(F)c2)n1. The van der Waals surface area contributed by atoms with Crippen LogP contribution in [-0.2, 0) is 0 Å². The Morgan fingerprint density at radius 3 is 2.78 bits per heavy atom. The van der Waals surface area contributed by atoms with E-state index in [1.165, 1.54) is 18.2 Å². The molecule has 0 atom stereocenters. The topological polar surface area (TPSA) is 68.0 Å². The normalized spacial score (nSPS) is 10.1. The number of pyridine rings is 1. The number of nitrogens with zero attached hydrogens (tertiary/aromatic N) is 1. The van der Waals surface area contributed by atoms with Crippen LogP contribution in [0, 0.1) is 5.82 Å². The fraction of sp³-hybridized carbons (Fsp3) is 0. The van der Waals surface area contributed by atoms with Crippen LogP contribution in [0.4, 0.5) is 15.9 Å². The van der Waals surface area contributed by atoms with Gasteiger partial charge in [0.1, 0.15) is 17.3 Å². The van der Waals surface area contributed by atoms with Crippen molar-refractivity contribution in [2.75, 3.05) is 11.1 Å². The summed E-state index contributed by atoms with van der Waals surface area (Å²) in [5, 5.41) is 2.49. The number of carbonyl (C=O) groups is 1. The van der Waals surface area contributed by atoms with Crippen LogP contribution in [0.3, 0.4) is 0 Å². The van der Waals surface area contributed by atoms with Crippen molar-refractivity contribution in [3.63, 3.8) is 0 Å². The maximum absolute atomic E-state index is 13.2. The molecular weight excluding hydrogens is 257 g/mol. The Kier molecular flexibility index (Phi) is 3.43. The predicted molar refractivity (Wildman–Crippen MR) is 68.0 cm³/mol. The number of rotatable bonds is 2. The van der Waals surface area contributed by atoms with Gasteiger partial charge in [-0.1, -0.05) is 17.7 Å². The highest BCUT2D eigenvalue weighted by molar-refractivity contribution is 6.30. The first-order valence-electron chi connectivity index (χ1n) is 5.05. The Morgan fingerprint density at radius 2 is 2.11 bits per heavy atom. The summed E-state index contributed by atoms with van der Waals surface area (Å²) in [5.74, 6) is -0.830. The quantitative estimate of drug-likeness (QED) is 0.877. The molecule has 3 N–H and O–H groups in total. The molecule has 0 saturated heterocycles. The second-order valence-corrected chi connectivity index (χ2v) is 3.94. The van der Waals surface area contributed by atoms with Crippen molar-refractivity contribution in [3.05, 3.63) is 52.9 Å². The van der Waals surface area contributed by atoms with E-state index >= 15 is 0 Å². The van der Waals surface area contributed by atoms with Gasteiger partial charge in [-0.3, -0.25) is 4.79 Å². The summed E-state index contributed by atoms with van der Waals surface area (Å²) in [5.41, 5.74) is 5.92. The molecule has 2 aromatic rings. The average molecular weight is 266 g/mol. The van der Waals surface area contributed by atoms with Gasteiger partial charge in [0.25, 0.3) is 5.91 Å². The van der Waals surface area contributed by atoms with Crippen molar-refractivity contribution in [2.45, 2.75) is 0 Å². The summed E-state index contributed by atoms with van der Waals surface area (Å²) in [6.07, 6.45) is 0. The molecular formula is C12H9ClFN3O. The maximum atomic E-state index is 13.2. The Hall–Kier alpha value is -2.14. The molecule has 1 aromatic carbocycles. The fourth-order valence-electron chi connectivity index (χ4n) is 1.35. The van der Waals surface area contributed by atoms with E-state index in [1.807, 2.05) is 0 Å². The van der Waals surface area contributed by atoms with Crippen molar-refractivity contribution in [3.8, 4) is 0 Å². The van der Waals surface area contributed by atoms with Gasteiger partial charge in [-0.15, -0.1) is 0 Å². The molecule has 1 heterocycles. The van der Waals surface area contributed by atoms with Crippen LogP contribution in [0.1, 0.15) is 10.5 Å². The zero-order valence-corrected chi connectivity index (χ0v) is 9.91. The molecule has 0 radical (unpaired) electrons. The molecule has 0 saturated carbocycles. The van der Waals surface area contributed by atoms with Crippen molar-refractivity contribution in [2.24, 2.45) is 0 Å². The monoisotopic (exact) mass is 265 g/mol. The zero-order chi connectivity index (χ0) is 13.1. The van der Waals surface area contributed by atoms with Crippen LogP contribution < -0.4 is 11.1 Å². The van der Waals surface area contributed by atoms with Gasteiger partial charge < -0.3 is 11.1 Å². The van der Waals surface area contributed by atoms with E-state index in [2.05, 4.69) is 10.3 Å². The first-order chi connectivity index (χ1) is 8.56. The number of halogens is 2. The molecule has 6 heteroatoms. The van der Waals surface area contributed by atoms with Crippen molar-refractivity contribution in [1.82, 2.24) is 4.98 Å². The predicted octanol–water partition coefficient (Wildman–Crippen LogP) is 2.71. The molecule has 0 aliphatic carbocycles. The molecule has 18 heavy (non-hydrogen) atoms. The van der Waals surface area contributed by atoms with Crippen molar-refractivity contribution >= 4 is 29.0 Å². The number of carbonyl (C=O) groups excluding carboxylic acids is 1. The number of benzene rings is 1. The highest BCUT2D eigenvalue weighted by atomic mass is 35.5. The lowest BCUT2D eigenvalue weighted by Crippen LogP contribution is -2.14. The first-order valence-corrected chi connectivity index (χ1v) is 5.43. The highest BCUT2D eigenvalue weighted by Crippen LogP contribution is 2.19. The Morgan fingerprint density at radius 1 is 1.33 bits per heavy atom. The molecule has 92 valence electrons. The summed E-state index contributed by atoms with van der Waals surface area (Å²) in [6.45, 7) is 0. The van der Waals surface area contributed by atoms with Crippen LogP contribution in [0.25, 0.3) is 0 Å². The third-order valence-corrected chi connectivity index (χ3v) is 2.49. The van der Waals surface area contributed by atoms with Gasteiger partial charge in [-0.05, 0) is 30.3 Å². The number of nitrogen functional groups attached to an aromatic ring is 1. The minimum absolute atomic E-state index is 0.00456. The van der Waals surface area contributed by atoms with Crippen molar-refractivity contribution in [1.29, 1.82) is 0 Å².